The summed E-state index contributed by atoms with van der Waals surface area (Å²) in [5.41, 5.74) is 0.604. The second-order valence-corrected chi connectivity index (χ2v) is 4.13. The van der Waals surface area contributed by atoms with Gasteiger partial charge in [0.25, 0.3) is 0 Å². The quantitative estimate of drug-likeness (QED) is 0.678. The predicted octanol–water partition coefficient (Wildman–Crippen LogP) is -0.213. The number of nitrogens with one attached hydrogen (secondary N) is 2. The molecule has 66 valence electrons. The molecule has 0 aliphatic carbocycles. The molecule has 2 aromatic heterocycles. The van der Waals surface area contributed by atoms with Crippen LogP contribution in [-0.4, -0.2) is 24.5 Å². The van der Waals surface area contributed by atoms with Gasteiger partial charge in [-0.2, -0.15) is 0 Å². The van der Waals surface area contributed by atoms with E-state index in [0.29, 0.717) is 20.1 Å². The molecule has 0 saturated heterocycles. The summed E-state index contributed by atoms with van der Waals surface area (Å²) in [6.07, 6.45) is 1.44. The monoisotopic (exact) mass is 242 g/mol. The average molecular weight is 241 g/mol. The van der Waals surface area contributed by atoms with Gasteiger partial charge in [-0.25, -0.2) is 0 Å². The van der Waals surface area contributed by atoms with Crippen LogP contribution >= 0.6 is 0 Å². The first-order valence-corrected chi connectivity index (χ1v) is 5.60. The third-order valence-corrected chi connectivity index (χ3v) is 3.08. The summed E-state index contributed by atoms with van der Waals surface area (Å²) in [4.78, 5) is 30.6. The molecule has 5 heteroatoms. The Labute approximate surface area is 79.0 Å². The number of H-pyrrole nitrogens is 2. The summed E-state index contributed by atoms with van der Waals surface area (Å²) >= 11 is 0.345. The second-order valence-electron chi connectivity index (χ2n) is 2.50. The first-order valence-electron chi connectivity index (χ1n) is 3.62. The van der Waals surface area contributed by atoms with Crippen molar-refractivity contribution in [1.29, 1.82) is 0 Å². The van der Waals surface area contributed by atoms with Gasteiger partial charge in [0.1, 0.15) is 0 Å². The second kappa shape index (κ2) is 3.20. The van der Waals surface area contributed by atoms with Crippen LogP contribution in [0, 0.1) is 0 Å². The number of aromatic amines is 2. The van der Waals surface area contributed by atoms with E-state index in [4.69, 9.17) is 0 Å². The fraction of sp³-hybridized carbons (Fsp3) is 0. The van der Waals surface area contributed by atoms with E-state index in [0.717, 1.165) is 5.56 Å². The fourth-order valence-corrected chi connectivity index (χ4v) is 2.42. The molecule has 0 spiro atoms. The van der Waals surface area contributed by atoms with E-state index in [1.54, 1.807) is 0 Å². The van der Waals surface area contributed by atoms with Crippen LogP contribution in [0.1, 0.15) is 0 Å². The van der Waals surface area contributed by atoms with Gasteiger partial charge in [-0.05, 0) is 0 Å². The molecule has 0 aromatic carbocycles. The van der Waals surface area contributed by atoms with E-state index in [2.05, 4.69) is 9.97 Å². The normalized spacial score (nSPS) is 10.2. The molecule has 0 aliphatic rings. The summed E-state index contributed by atoms with van der Waals surface area (Å²) in [5.74, 6) is 0. The van der Waals surface area contributed by atoms with Crippen molar-refractivity contribution in [3.8, 4) is 11.1 Å². The Balaban J connectivity index is 2.67. The number of rotatable bonds is 1. The molecule has 2 heterocycles. The SMILES string of the molecule is O=c1[nH]cc(-c2cc[se]c2)c(=O)[nH]1. The van der Waals surface area contributed by atoms with Crippen LogP contribution in [0.15, 0.2) is 31.7 Å². The first-order chi connectivity index (χ1) is 6.27. The Morgan fingerprint density at radius 1 is 1.31 bits per heavy atom. The molecule has 2 rings (SSSR count). The van der Waals surface area contributed by atoms with Crippen LogP contribution in [0.5, 0.6) is 0 Å². The molecule has 0 saturated carbocycles. The van der Waals surface area contributed by atoms with Gasteiger partial charge in [-0.3, -0.25) is 0 Å². The zero-order valence-corrected chi connectivity index (χ0v) is 8.25. The van der Waals surface area contributed by atoms with Crippen molar-refractivity contribution < 1.29 is 0 Å². The summed E-state index contributed by atoms with van der Waals surface area (Å²) < 4.78 is 0. The molecule has 0 bridgehead atoms. The first kappa shape index (κ1) is 8.29. The van der Waals surface area contributed by atoms with Crippen molar-refractivity contribution in [2.75, 3.05) is 0 Å². The van der Waals surface area contributed by atoms with Gasteiger partial charge in [-0.15, -0.1) is 0 Å². The predicted molar refractivity (Wildman–Crippen MR) is 50.1 cm³/mol. The topological polar surface area (TPSA) is 65.7 Å². The van der Waals surface area contributed by atoms with Gasteiger partial charge < -0.3 is 0 Å². The van der Waals surface area contributed by atoms with Crippen molar-refractivity contribution in [3.05, 3.63) is 43.0 Å². The van der Waals surface area contributed by atoms with Gasteiger partial charge in [-0.1, -0.05) is 0 Å². The molecular formula is C8H6N2O2Se. The zero-order chi connectivity index (χ0) is 9.26. The summed E-state index contributed by atoms with van der Waals surface area (Å²) in [7, 11) is 0. The standard InChI is InChI=1S/C8H6N2O2Se/c11-7-6(3-9-8(12)10-7)5-1-2-13-4-5/h1-4H,(H2,9,10,11,12). The maximum absolute atomic E-state index is 11.3. The van der Waals surface area contributed by atoms with Crippen LogP contribution in [0.2, 0.25) is 0 Å². The van der Waals surface area contributed by atoms with E-state index < -0.39 is 5.69 Å². The van der Waals surface area contributed by atoms with Crippen LogP contribution < -0.4 is 11.2 Å². The average Bonchev–Trinajstić information content (AvgIpc) is 2.56. The zero-order valence-electron chi connectivity index (χ0n) is 6.53. The van der Waals surface area contributed by atoms with E-state index >= 15 is 0 Å². The summed E-state index contributed by atoms with van der Waals surface area (Å²) in [6, 6.07) is 1.89. The molecule has 2 aromatic rings. The van der Waals surface area contributed by atoms with Crippen molar-refractivity contribution in [3.63, 3.8) is 0 Å². The fourth-order valence-electron chi connectivity index (χ4n) is 1.04. The molecule has 0 amide bonds. The molecule has 4 nitrogen and oxygen atoms in total. The Morgan fingerprint density at radius 3 is 2.77 bits per heavy atom. The molecule has 0 radical (unpaired) electrons. The third-order valence-electron chi connectivity index (χ3n) is 1.65. The minimum absolute atomic E-state index is 0.336. The summed E-state index contributed by atoms with van der Waals surface area (Å²) in [5, 5.41) is 0. The molecule has 0 fully saturated rings. The molecule has 13 heavy (non-hydrogen) atoms. The van der Waals surface area contributed by atoms with Crippen LogP contribution in [-0.2, 0) is 0 Å². The summed E-state index contributed by atoms with van der Waals surface area (Å²) in [6.45, 7) is 0. The van der Waals surface area contributed by atoms with Crippen LogP contribution in [0.25, 0.3) is 11.1 Å². The number of hydrogen-bond donors (Lipinski definition) is 2. The van der Waals surface area contributed by atoms with Gasteiger partial charge >= 0.3 is 78.6 Å². The van der Waals surface area contributed by atoms with Crippen molar-refractivity contribution in [2.24, 2.45) is 0 Å². The van der Waals surface area contributed by atoms with E-state index in [1.807, 2.05) is 15.9 Å². The molecule has 2 N–H and O–H groups in total. The third kappa shape index (κ3) is 1.56. The van der Waals surface area contributed by atoms with Gasteiger partial charge in [0.05, 0.1) is 0 Å². The Hall–Kier alpha value is -1.32. The minimum atomic E-state index is -0.471. The maximum atomic E-state index is 11.3. The van der Waals surface area contributed by atoms with Gasteiger partial charge in [0.2, 0.25) is 0 Å². The van der Waals surface area contributed by atoms with E-state index in [-0.39, 0.29) is 5.56 Å². The molecule has 0 unspecified atom stereocenters. The number of aromatic nitrogens is 2. The van der Waals surface area contributed by atoms with Crippen molar-refractivity contribution in [2.45, 2.75) is 0 Å². The van der Waals surface area contributed by atoms with Crippen LogP contribution in [0.3, 0.4) is 0 Å². The molecule has 0 aliphatic heterocycles. The van der Waals surface area contributed by atoms with Gasteiger partial charge in [0, 0.05) is 0 Å². The Morgan fingerprint density at radius 2 is 2.15 bits per heavy atom. The van der Waals surface area contributed by atoms with Crippen molar-refractivity contribution >= 4 is 14.5 Å². The molecular weight excluding hydrogens is 235 g/mol. The van der Waals surface area contributed by atoms with Crippen molar-refractivity contribution in [1.82, 2.24) is 9.97 Å². The number of hydrogen-bond acceptors (Lipinski definition) is 2. The Bertz CT molecular complexity index is 509. The van der Waals surface area contributed by atoms with E-state index in [9.17, 15) is 9.59 Å². The van der Waals surface area contributed by atoms with Gasteiger partial charge in [0.15, 0.2) is 0 Å². The Kier molecular flexibility index (Phi) is 2.04. The molecule has 0 atom stereocenters. The van der Waals surface area contributed by atoms with E-state index in [1.165, 1.54) is 6.20 Å². The van der Waals surface area contributed by atoms with Crippen LogP contribution in [0.4, 0.5) is 0 Å².